The Kier molecular flexibility index (Phi) is 7.98. The van der Waals surface area contributed by atoms with Crippen LogP contribution in [0.15, 0.2) is 58.8 Å². The van der Waals surface area contributed by atoms with Crippen LogP contribution in [0.3, 0.4) is 0 Å². The molecule has 35 heavy (non-hydrogen) atoms. The van der Waals surface area contributed by atoms with Crippen LogP contribution in [0.4, 0.5) is 0 Å². The maximum absolute atomic E-state index is 13.1. The fourth-order valence-corrected chi connectivity index (χ4v) is 6.88. The smallest absolute Gasteiger partial charge is 0.252 e. The molecule has 4 N–H and O–H groups in total. The van der Waals surface area contributed by atoms with Gasteiger partial charge in [0.2, 0.25) is 0 Å². The number of hydrogen-bond donors (Lipinski definition) is 4. The van der Waals surface area contributed by atoms with Crippen LogP contribution < -0.4 is 10.6 Å². The Bertz CT molecular complexity index is 1290. The number of hydrogen-bond acceptors (Lipinski definition) is 7. The molecule has 0 saturated carbocycles. The molecule has 1 fully saturated rings. The molecule has 1 saturated heterocycles. The number of rotatable bonds is 8. The van der Waals surface area contributed by atoms with E-state index in [1.54, 1.807) is 42.5 Å². The lowest BCUT2D eigenvalue weighted by atomic mass is 10.1. The highest BCUT2D eigenvalue weighted by atomic mass is 35.5. The summed E-state index contributed by atoms with van der Waals surface area (Å²) in [7, 11) is -3.60. The molecule has 0 bridgehead atoms. The molecule has 2 aromatic carbocycles. The molecule has 1 amide bonds. The minimum Gasteiger partial charge on any atom is -0.504 e. The summed E-state index contributed by atoms with van der Waals surface area (Å²) in [5, 5.41) is 25.8. The fourth-order valence-electron chi connectivity index (χ4n) is 3.83. The minimum atomic E-state index is -3.60. The van der Waals surface area contributed by atoms with Gasteiger partial charge in [0, 0.05) is 41.1 Å². The average Bonchev–Trinajstić information content (AvgIpc) is 3.34. The number of piperidine rings is 1. The number of phenolic OH excluding ortho intramolecular Hbond substituents is 2. The first-order chi connectivity index (χ1) is 16.7. The summed E-state index contributed by atoms with van der Waals surface area (Å²) >= 11 is 7.01. The van der Waals surface area contributed by atoms with Gasteiger partial charge < -0.3 is 20.8 Å². The molecule has 0 unspecified atom stereocenters. The average molecular weight is 536 g/mol. The third kappa shape index (κ3) is 6.33. The van der Waals surface area contributed by atoms with Crippen molar-refractivity contribution in [3.05, 3.63) is 75.6 Å². The zero-order chi connectivity index (χ0) is 25.0. The molecule has 1 aliphatic rings. The van der Waals surface area contributed by atoms with Gasteiger partial charge in [0.15, 0.2) is 11.5 Å². The van der Waals surface area contributed by atoms with Gasteiger partial charge in [0.1, 0.15) is 4.21 Å². The normalized spacial score (nSPS) is 15.2. The Hall–Kier alpha value is -2.63. The van der Waals surface area contributed by atoms with Gasteiger partial charge in [-0.3, -0.25) is 4.79 Å². The van der Waals surface area contributed by atoms with E-state index in [1.807, 2.05) is 0 Å². The van der Waals surface area contributed by atoms with Gasteiger partial charge in [-0.1, -0.05) is 17.7 Å². The quantitative estimate of drug-likeness (QED) is 0.327. The highest BCUT2D eigenvalue weighted by molar-refractivity contribution is 7.91. The zero-order valence-corrected chi connectivity index (χ0v) is 21.2. The molecule has 0 aliphatic carbocycles. The van der Waals surface area contributed by atoms with Crippen molar-refractivity contribution in [3.8, 4) is 11.5 Å². The Morgan fingerprint density at radius 2 is 1.71 bits per heavy atom. The van der Waals surface area contributed by atoms with Gasteiger partial charge in [-0.15, -0.1) is 11.3 Å². The Balaban J connectivity index is 1.28. The summed E-state index contributed by atoms with van der Waals surface area (Å²) < 4.78 is 28.0. The van der Waals surface area contributed by atoms with E-state index >= 15 is 0 Å². The minimum absolute atomic E-state index is 0.152. The van der Waals surface area contributed by atoms with E-state index in [0.717, 1.165) is 21.8 Å². The Morgan fingerprint density at radius 3 is 2.40 bits per heavy atom. The largest absolute Gasteiger partial charge is 0.504 e. The topological polar surface area (TPSA) is 119 Å². The summed E-state index contributed by atoms with van der Waals surface area (Å²) in [6.45, 7) is 1.56. The molecular formula is C24H26ClN3O5S2. The van der Waals surface area contributed by atoms with Crippen LogP contribution >= 0.6 is 22.9 Å². The molecule has 3 aromatic rings. The Labute approximate surface area is 213 Å². The van der Waals surface area contributed by atoms with E-state index < -0.39 is 10.0 Å². The van der Waals surface area contributed by atoms with Crippen molar-refractivity contribution in [1.29, 1.82) is 0 Å². The van der Waals surface area contributed by atoms with Crippen molar-refractivity contribution in [2.45, 2.75) is 36.2 Å². The number of sulfonamides is 1. The predicted molar refractivity (Wildman–Crippen MR) is 135 cm³/mol. The number of amides is 1. The van der Waals surface area contributed by atoms with Crippen LogP contribution in [0.2, 0.25) is 5.02 Å². The molecule has 0 atom stereocenters. The van der Waals surface area contributed by atoms with Crippen LogP contribution in [0.25, 0.3) is 0 Å². The van der Waals surface area contributed by atoms with Gasteiger partial charge in [0.05, 0.1) is 6.54 Å². The standard InChI is InChI=1S/C24H26ClN3O5S2/c25-18-4-2-17(3-5-18)24(31)27-15-20-6-8-23(34-20)35(32,33)28-11-9-19(10-12-28)26-14-16-1-7-21(29)22(30)13-16/h1-8,13,19,26,29-30H,9-12,14-15H2,(H,27,31). The van der Waals surface area contributed by atoms with Crippen LogP contribution in [0.5, 0.6) is 11.5 Å². The van der Waals surface area contributed by atoms with Crippen molar-refractivity contribution in [1.82, 2.24) is 14.9 Å². The number of halogens is 1. The number of carbonyl (C=O) groups is 1. The fraction of sp³-hybridized carbons (Fsp3) is 0.292. The van der Waals surface area contributed by atoms with Gasteiger partial charge in [-0.2, -0.15) is 4.31 Å². The van der Waals surface area contributed by atoms with Crippen molar-refractivity contribution < 1.29 is 23.4 Å². The van der Waals surface area contributed by atoms with Crippen LogP contribution in [0, 0.1) is 0 Å². The second-order valence-corrected chi connectivity index (χ2v) is 12.1. The first-order valence-corrected chi connectivity index (χ1v) is 13.7. The molecule has 1 aromatic heterocycles. The van der Waals surface area contributed by atoms with Gasteiger partial charge in [0.25, 0.3) is 15.9 Å². The lowest BCUT2D eigenvalue weighted by molar-refractivity contribution is 0.0951. The summed E-state index contributed by atoms with van der Waals surface area (Å²) in [6.07, 6.45) is 1.33. The van der Waals surface area contributed by atoms with Crippen molar-refractivity contribution in [2.24, 2.45) is 0 Å². The number of nitrogens with one attached hydrogen (secondary N) is 2. The van der Waals surface area contributed by atoms with E-state index in [-0.39, 0.29) is 34.2 Å². The van der Waals surface area contributed by atoms with Crippen molar-refractivity contribution in [3.63, 3.8) is 0 Å². The monoisotopic (exact) mass is 535 g/mol. The van der Waals surface area contributed by atoms with Crippen molar-refractivity contribution >= 4 is 38.9 Å². The zero-order valence-electron chi connectivity index (χ0n) is 18.8. The second kappa shape index (κ2) is 11.0. The molecule has 8 nitrogen and oxygen atoms in total. The third-order valence-electron chi connectivity index (χ3n) is 5.85. The van der Waals surface area contributed by atoms with Crippen molar-refractivity contribution in [2.75, 3.05) is 13.1 Å². The van der Waals surface area contributed by atoms with Crippen LogP contribution in [-0.4, -0.2) is 48.0 Å². The highest BCUT2D eigenvalue weighted by Crippen LogP contribution is 2.28. The number of thiophene rings is 1. The summed E-state index contributed by atoms with van der Waals surface area (Å²) in [6, 6.07) is 14.7. The second-order valence-electron chi connectivity index (χ2n) is 8.29. The summed E-state index contributed by atoms with van der Waals surface area (Å²) in [5.74, 6) is -0.574. The van der Waals surface area contributed by atoms with Crippen LogP contribution in [-0.2, 0) is 23.1 Å². The number of carbonyl (C=O) groups excluding carboxylic acids is 1. The van der Waals surface area contributed by atoms with Crippen LogP contribution in [0.1, 0.15) is 33.6 Å². The first-order valence-electron chi connectivity index (χ1n) is 11.1. The van der Waals surface area contributed by atoms with Gasteiger partial charge in [-0.25, -0.2) is 8.42 Å². The molecular weight excluding hydrogens is 510 g/mol. The van der Waals surface area contributed by atoms with E-state index in [9.17, 15) is 23.4 Å². The molecule has 0 radical (unpaired) electrons. The van der Waals surface area contributed by atoms with E-state index in [1.165, 1.54) is 16.4 Å². The Morgan fingerprint density at radius 1 is 1.00 bits per heavy atom. The van der Waals surface area contributed by atoms with E-state index in [2.05, 4.69) is 10.6 Å². The summed E-state index contributed by atoms with van der Waals surface area (Å²) in [4.78, 5) is 13.0. The SMILES string of the molecule is O=C(NCc1ccc(S(=O)(=O)N2CCC(NCc3ccc(O)c(O)c3)CC2)s1)c1ccc(Cl)cc1. The summed E-state index contributed by atoms with van der Waals surface area (Å²) in [5.41, 5.74) is 1.32. The molecule has 0 spiro atoms. The maximum atomic E-state index is 13.1. The highest BCUT2D eigenvalue weighted by Gasteiger charge is 2.30. The van der Waals surface area contributed by atoms with E-state index in [4.69, 9.17) is 11.6 Å². The number of nitrogens with zero attached hydrogens (tertiary/aromatic N) is 1. The number of phenols is 2. The van der Waals surface area contributed by atoms with Gasteiger partial charge >= 0.3 is 0 Å². The van der Waals surface area contributed by atoms with E-state index in [0.29, 0.717) is 43.1 Å². The first kappa shape index (κ1) is 25.5. The number of aromatic hydroxyl groups is 2. The lowest BCUT2D eigenvalue weighted by Crippen LogP contribution is -2.44. The molecule has 11 heteroatoms. The predicted octanol–water partition coefficient (Wildman–Crippen LogP) is 3.69. The molecule has 1 aliphatic heterocycles. The lowest BCUT2D eigenvalue weighted by Gasteiger charge is -2.31. The number of benzene rings is 2. The molecule has 2 heterocycles. The molecule has 186 valence electrons. The molecule has 4 rings (SSSR count). The van der Waals surface area contributed by atoms with Gasteiger partial charge in [-0.05, 0) is 66.9 Å². The maximum Gasteiger partial charge on any atom is 0.252 e. The third-order valence-corrected chi connectivity index (χ3v) is 9.55.